The number of ketones is 1. The van der Waals surface area contributed by atoms with E-state index in [4.69, 9.17) is 4.99 Å². The zero-order chi connectivity index (χ0) is 21.8. The molecule has 154 valence electrons. The summed E-state index contributed by atoms with van der Waals surface area (Å²) in [4.78, 5) is 16.2. The van der Waals surface area contributed by atoms with E-state index in [0.717, 1.165) is 16.8 Å². The number of hydrogen-bond donors (Lipinski definition) is 3. The lowest BCUT2D eigenvalue weighted by molar-refractivity contribution is -0.110. The lowest BCUT2D eigenvalue weighted by Gasteiger charge is -2.15. The van der Waals surface area contributed by atoms with Gasteiger partial charge >= 0.3 is 0 Å². The average Bonchev–Trinajstić information content (AvgIpc) is 2.76. The fraction of sp³-hybridized carbons (Fsp3) is 0.0769. The van der Waals surface area contributed by atoms with Crippen LogP contribution in [0.1, 0.15) is 16.7 Å². The second kappa shape index (κ2) is 8.71. The van der Waals surface area contributed by atoms with E-state index < -0.39 is 0 Å². The van der Waals surface area contributed by atoms with E-state index in [0.29, 0.717) is 29.1 Å². The molecule has 0 spiro atoms. The van der Waals surface area contributed by atoms with Gasteiger partial charge in [-0.25, -0.2) is 4.99 Å². The third-order valence-electron chi connectivity index (χ3n) is 5.03. The molecule has 3 N–H and O–H groups in total. The van der Waals surface area contributed by atoms with Gasteiger partial charge in [-0.3, -0.25) is 4.79 Å². The number of rotatable bonds is 5. The second-order valence-electron chi connectivity index (χ2n) is 7.39. The van der Waals surface area contributed by atoms with Gasteiger partial charge in [-0.1, -0.05) is 30.3 Å². The normalized spacial score (nSPS) is 12.8. The molecule has 0 radical (unpaired) electrons. The van der Waals surface area contributed by atoms with Crippen LogP contribution in [0.2, 0.25) is 0 Å². The summed E-state index contributed by atoms with van der Waals surface area (Å²) in [6.45, 7) is 2.01. The molecule has 1 aliphatic carbocycles. The van der Waals surface area contributed by atoms with Crippen molar-refractivity contribution >= 4 is 28.6 Å². The largest absolute Gasteiger partial charge is 0.508 e. The molecule has 1 aliphatic rings. The molecule has 0 amide bonds. The SMILES string of the molecule is Cc1ccccc1Nc1cc(O)c(Cc2ccc(O)cc2)cc1N=C1C=CC(=O)C=C1. The van der Waals surface area contributed by atoms with Crippen molar-refractivity contribution in [3.63, 3.8) is 0 Å². The first-order valence-corrected chi connectivity index (χ1v) is 9.93. The van der Waals surface area contributed by atoms with E-state index in [2.05, 4.69) is 5.32 Å². The Morgan fingerprint density at radius 1 is 0.871 bits per heavy atom. The second-order valence-corrected chi connectivity index (χ2v) is 7.39. The van der Waals surface area contributed by atoms with Crippen LogP contribution in [0.4, 0.5) is 17.1 Å². The summed E-state index contributed by atoms with van der Waals surface area (Å²) in [6.07, 6.45) is 6.79. The Bertz CT molecular complexity index is 1200. The standard InChI is InChI=1S/C26H22N2O3/c1-17-4-2-3-5-23(17)28-25-16-26(31)19(14-18-6-10-21(29)11-7-18)15-24(25)27-20-8-12-22(30)13-9-20/h2-13,15-16,28-29,31H,14H2,1H3. The number of phenols is 2. The quantitative estimate of drug-likeness (QED) is 0.485. The number of anilines is 2. The van der Waals surface area contributed by atoms with Gasteiger partial charge < -0.3 is 15.5 Å². The number of nitrogens with one attached hydrogen (secondary N) is 1. The van der Waals surface area contributed by atoms with E-state index in [1.54, 1.807) is 30.4 Å². The number of allylic oxidation sites excluding steroid dienone is 4. The van der Waals surface area contributed by atoms with E-state index in [1.807, 2.05) is 49.4 Å². The van der Waals surface area contributed by atoms with Crippen molar-refractivity contribution in [2.24, 2.45) is 4.99 Å². The van der Waals surface area contributed by atoms with Crippen LogP contribution >= 0.6 is 0 Å². The molecule has 31 heavy (non-hydrogen) atoms. The average molecular weight is 410 g/mol. The summed E-state index contributed by atoms with van der Waals surface area (Å²) in [5.41, 5.74) is 5.60. The Hall–Kier alpha value is -4.12. The van der Waals surface area contributed by atoms with E-state index in [-0.39, 0.29) is 17.3 Å². The predicted octanol–water partition coefficient (Wildman–Crippen LogP) is 5.51. The van der Waals surface area contributed by atoms with Crippen molar-refractivity contribution in [2.45, 2.75) is 13.3 Å². The maximum absolute atomic E-state index is 11.4. The van der Waals surface area contributed by atoms with E-state index >= 15 is 0 Å². The zero-order valence-corrected chi connectivity index (χ0v) is 17.0. The summed E-state index contributed by atoms with van der Waals surface area (Å²) in [5.74, 6) is 0.275. The number of phenolic OH excluding ortho intramolecular Hbond substituents is 2. The molecule has 0 unspecified atom stereocenters. The molecule has 0 heterocycles. The molecule has 0 atom stereocenters. The Morgan fingerprint density at radius 3 is 2.29 bits per heavy atom. The van der Waals surface area contributed by atoms with Crippen LogP contribution in [0.15, 0.2) is 90.0 Å². The van der Waals surface area contributed by atoms with Crippen LogP contribution in [0.5, 0.6) is 11.5 Å². The molecule has 3 aromatic carbocycles. The Labute approximate surface area is 180 Å². The summed E-state index contributed by atoms with van der Waals surface area (Å²) in [6, 6.07) is 18.3. The Kier molecular flexibility index (Phi) is 5.67. The van der Waals surface area contributed by atoms with Gasteiger partial charge in [0.05, 0.1) is 17.1 Å². The fourth-order valence-electron chi connectivity index (χ4n) is 3.31. The van der Waals surface area contributed by atoms with Crippen molar-refractivity contribution in [1.82, 2.24) is 0 Å². The van der Waals surface area contributed by atoms with Crippen LogP contribution in [0.3, 0.4) is 0 Å². The fourth-order valence-corrected chi connectivity index (χ4v) is 3.31. The van der Waals surface area contributed by atoms with Crippen LogP contribution in [-0.2, 0) is 11.2 Å². The number of nitrogens with zero attached hydrogens (tertiary/aromatic N) is 1. The Morgan fingerprint density at radius 2 is 1.58 bits per heavy atom. The molecule has 3 aromatic rings. The number of carbonyl (C=O) groups excluding carboxylic acids is 1. The highest BCUT2D eigenvalue weighted by molar-refractivity contribution is 6.17. The summed E-state index contributed by atoms with van der Waals surface area (Å²) >= 11 is 0. The van der Waals surface area contributed by atoms with E-state index in [1.165, 1.54) is 12.2 Å². The number of aliphatic imine (C=N–C) groups is 1. The van der Waals surface area contributed by atoms with Gasteiger partial charge in [0.25, 0.3) is 0 Å². The Balaban J connectivity index is 1.75. The summed E-state index contributed by atoms with van der Waals surface area (Å²) in [7, 11) is 0. The van der Waals surface area contributed by atoms with Gasteiger partial charge in [-0.2, -0.15) is 0 Å². The van der Waals surface area contributed by atoms with Gasteiger partial charge in [0.1, 0.15) is 11.5 Å². The van der Waals surface area contributed by atoms with Gasteiger partial charge in [0.15, 0.2) is 5.78 Å². The van der Waals surface area contributed by atoms with Crippen molar-refractivity contribution in [3.05, 3.63) is 102 Å². The minimum Gasteiger partial charge on any atom is -0.508 e. The highest BCUT2D eigenvalue weighted by atomic mass is 16.3. The van der Waals surface area contributed by atoms with Gasteiger partial charge in [0, 0.05) is 23.7 Å². The molecular weight excluding hydrogens is 388 g/mol. The van der Waals surface area contributed by atoms with Crippen molar-refractivity contribution in [3.8, 4) is 11.5 Å². The third-order valence-corrected chi connectivity index (χ3v) is 5.03. The zero-order valence-electron chi connectivity index (χ0n) is 17.0. The molecule has 0 saturated heterocycles. The van der Waals surface area contributed by atoms with Crippen LogP contribution in [0.25, 0.3) is 0 Å². The first kappa shape index (κ1) is 20.2. The lowest BCUT2D eigenvalue weighted by Crippen LogP contribution is -2.00. The van der Waals surface area contributed by atoms with Gasteiger partial charge in [-0.05, 0) is 66.6 Å². The predicted molar refractivity (Wildman–Crippen MR) is 124 cm³/mol. The first-order valence-electron chi connectivity index (χ1n) is 9.93. The van der Waals surface area contributed by atoms with Gasteiger partial charge in [-0.15, -0.1) is 0 Å². The van der Waals surface area contributed by atoms with Crippen molar-refractivity contribution in [2.75, 3.05) is 5.32 Å². The first-order chi connectivity index (χ1) is 15.0. The number of aryl methyl sites for hydroxylation is 1. The molecule has 4 rings (SSSR count). The van der Waals surface area contributed by atoms with Crippen LogP contribution in [0, 0.1) is 6.92 Å². The minimum atomic E-state index is -0.0732. The monoisotopic (exact) mass is 410 g/mol. The van der Waals surface area contributed by atoms with Crippen molar-refractivity contribution < 1.29 is 15.0 Å². The van der Waals surface area contributed by atoms with Crippen LogP contribution < -0.4 is 5.32 Å². The maximum atomic E-state index is 11.4. The summed E-state index contributed by atoms with van der Waals surface area (Å²) in [5, 5.41) is 23.6. The van der Waals surface area contributed by atoms with Gasteiger partial charge in [0.2, 0.25) is 0 Å². The molecule has 5 nitrogen and oxygen atoms in total. The molecule has 0 bridgehead atoms. The number of para-hydroxylation sites is 1. The molecule has 0 aliphatic heterocycles. The number of benzene rings is 3. The smallest absolute Gasteiger partial charge is 0.178 e. The molecular formula is C26H22N2O3. The molecule has 0 fully saturated rings. The number of hydrogen-bond acceptors (Lipinski definition) is 5. The molecule has 5 heteroatoms. The van der Waals surface area contributed by atoms with E-state index in [9.17, 15) is 15.0 Å². The maximum Gasteiger partial charge on any atom is 0.178 e. The highest BCUT2D eigenvalue weighted by Crippen LogP contribution is 2.36. The number of aromatic hydroxyl groups is 2. The molecule has 0 saturated carbocycles. The number of carbonyl (C=O) groups is 1. The minimum absolute atomic E-state index is 0.0732. The topological polar surface area (TPSA) is 81.9 Å². The summed E-state index contributed by atoms with van der Waals surface area (Å²) < 4.78 is 0. The third kappa shape index (κ3) is 4.90. The lowest BCUT2D eigenvalue weighted by atomic mass is 10.0. The highest BCUT2D eigenvalue weighted by Gasteiger charge is 2.12. The van der Waals surface area contributed by atoms with Crippen molar-refractivity contribution in [1.29, 1.82) is 0 Å². The molecule has 0 aromatic heterocycles. The van der Waals surface area contributed by atoms with Crippen LogP contribution in [-0.4, -0.2) is 21.7 Å².